The van der Waals surface area contributed by atoms with Crippen LogP contribution in [0.15, 0.2) is 42.5 Å². The molecular formula is C21H29Cl2N3O4. The Bertz CT molecular complexity index is 735. The maximum Gasteiger partial charge on any atom is 0.320 e. The first-order valence-electron chi connectivity index (χ1n) is 9.20. The highest BCUT2D eigenvalue weighted by atomic mass is 35.5. The number of carbonyl (C=O) groups is 2. The van der Waals surface area contributed by atoms with Crippen molar-refractivity contribution in [1.29, 1.82) is 0 Å². The first-order valence-corrected chi connectivity index (χ1v) is 9.96. The fourth-order valence-corrected chi connectivity index (χ4v) is 2.44. The molecule has 166 valence electrons. The zero-order chi connectivity index (χ0) is 22.9. The number of carboxylic acid groups (broad SMARTS) is 1. The Labute approximate surface area is 187 Å². The molecule has 0 aliphatic carbocycles. The van der Waals surface area contributed by atoms with Gasteiger partial charge in [-0.05, 0) is 55.3 Å². The normalized spacial score (nSPS) is 10.6. The van der Waals surface area contributed by atoms with E-state index >= 15 is 0 Å². The first-order chi connectivity index (χ1) is 14.3. The van der Waals surface area contributed by atoms with Crippen LogP contribution in [0.25, 0.3) is 0 Å². The Balaban J connectivity index is 0.000000420. The molecule has 9 heteroatoms. The fraction of sp³-hybridized carbons (Fsp3) is 0.333. The summed E-state index contributed by atoms with van der Waals surface area (Å²) in [5, 5.41) is 9.25. The third-order valence-corrected chi connectivity index (χ3v) is 4.33. The zero-order valence-corrected chi connectivity index (χ0v) is 18.4. The van der Waals surface area contributed by atoms with Crippen molar-refractivity contribution in [2.24, 2.45) is 17.2 Å². The lowest BCUT2D eigenvalue weighted by Gasteiger charge is -2.03. The summed E-state index contributed by atoms with van der Waals surface area (Å²) < 4.78 is 4.97. The Morgan fingerprint density at radius 1 is 1.13 bits per heavy atom. The van der Waals surface area contributed by atoms with Gasteiger partial charge in [-0.15, -0.1) is 0 Å². The minimum Gasteiger partial charge on any atom is -0.497 e. The number of hydrogen-bond acceptors (Lipinski definition) is 6. The van der Waals surface area contributed by atoms with Gasteiger partial charge in [0, 0.05) is 17.1 Å². The summed E-state index contributed by atoms with van der Waals surface area (Å²) in [5.74, 6) is -0.0609. The second-order valence-electron chi connectivity index (χ2n) is 6.07. The molecule has 0 bridgehead atoms. The van der Waals surface area contributed by atoms with Crippen LogP contribution in [0.3, 0.4) is 0 Å². The van der Waals surface area contributed by atoms with E-state index in [4.69, 9.17) is 50.2 Å². The van der Waals surface area contributed by atoms with Gasteiger partial charge < -0.3 is 27.0 Å². The first kappa shape index (κ1) is 27.8. The smallest absolute Gasteiger partial charge is 0.320 e. The fourth-order valence-electron chi connectivity index (χ4n) is 1.99. The van der Waals surface area contributed by atoms with Gasteiger partial charge >= 0.3 is 5.97 Å². The van der Waals surface area contributed by atoms with Gasteiger partial charge in [-0.2, -0.15) is 0 Å². The van der Waals surface area contributed by atoms with Crippen LogP contribution in [0.2, 0.25) is 10.0 Å². The van der Waals surface area contributed by atoms with Crippen LogP contribution in [-0.4, -0.2) is 37.1 Å². The van der Waals surface area contributed by atoms with Gasteiger partial charge in [0.1, 0.15) is 11.8 Å². The van der Waals surface area contributed by atoms with Gasteiger partial charge in [0.05, 0.1) is 12.1 Å². The molecule has 0 saturated carbocycles. The second-order valence-corrected chi connectivity index (χ2v) is 6.91. The number of nitrogens with two attached hydrogens (primary N) is 3. The Morgan fingerprint density at radius 2 is 1.77 bits per heavy atom. The largest absolute Gasteiger partial charge is 0.497 e. The quantitative estimate of drug-likeness (QED) is 0.350. The molecule has 0 radical (unpaired) electrons. The molecule has 30 heavy (non-hydrogen) atoms. The van der Waals surface area contributed by atoms with E-state index in [9.17, 15) is 9.59 Å². The number of carboxylic acids is 1. The van der Waals surface area contributed by atoms with E-state index in [0.29, 0.717) is 41.4 Å². The van der Waals surface area contributed by atoms with Crippen molar-refractivity contribution in [3.8, 4) is 5.75 Å². The van der Waals surface area contributed by atoms with Crippen molar-refractivity contribution in [1.82, 2.24) is 0 Å². The lowest BCUT2D eigenvalue weighted by Crippen LogP contribution is -2.29. The number of unbranched alkanes of at least 4 members (excludes halogenated alkanes) is 1. The molecular weight excluding hydrogens is 429 g/mol. The number of hydrogen-bond donors (Lipinski definition) is 4. The van der Waals surface area contributed by atoms with Crippen LogP contribution in [0, 0.1) is 0 Å². The maximum atomic E-state index is 10.2. The lowest BCUT2D eigenvalue weighted by atomic mass is 10.1. The van der Waals surface area contributed by atoms with Crippen LogP contribution in [0.5, 0.6) is 5.75 Å². The molecule has 2 rings (SSSR count). The number of rotatable bonds is 8. The summed E-state index contributed by atoms with van der Waals surface area (Å²) in [4.78, 5) is 20.3. The molecule has 0 aliphatic rings. The third kappa shape index (κ3) is 12.4. The molecule has 0 aromatic heterocycles. The van der Waals surface area contributed by atoms with E-state index in [-0.39, 0.29) is 0 Å². The Morgan fingerprint density at radius 3 is 2.20 bits per heavy atom. The van der Waals surface area contributed by atoms with Gasteiger partial charge in [-0.25, -0.2) is 0 Å². The average Bonchev–Trinajstić information content (AvgIpc) is 2.75. The van der Waals surface area contributed by atoms with E-state index in [1.165, 1.54) is 6.07 Å². The molecule has 2 aromatic carbocycles. The van der Waals surface area contributed by atoms with Crippen molar-refractivity contribution < 1.29 is 19.4 Å². The molecule has 2 aromatic rings. The maximum absolute atomic E-state index is 10.2. The van der Waals surface area contributed by atoms with E-state index in [0.717, 1.165) is 24.2 Å². The molecule has 0 aliphatic heterocycles. The van der Waals surface area contributed by atoms with E-state index in [1.54, 1.807) is 19.2 Å². The van der Waals surface area contributed by atoms with Crippen molar-refractivity contribution in [2.45, 2.75) is 31.8 Å². The number of benzene rings is 2. The van der Waals surface area contributed by atoms with E-state index < -0.39 is 12.0 Å². The van der Waals surface area contributed by atoms with Gasteiger partial charge in [-0.3, -0.25) is 9.59 Å². The van der Waals surface area contributed by atoms with E-state index in [1.807, 2.05) is 24.3 Å². The summed E-state index contributed by atoms with van der Waals surface area (Å²) in [5.41, 5.74) is 17.4. The summed E-state index contributed by atoms with van der Waals surface area (Å²) in [6.07, 6.45) is 2.86. The van der Waals surface area contributed by atoms with Gasteiger partial charge in [0.2, 0.25) is 0 Å². The minimum absolute atomic E-state index is 0.391. The Kier molecular flexibility index (Phi) is 15.4. The highest BCUT2D eigenvalue weighted by Crippen LogP contribution is 2.18. The monoisotopic (exact) mass is 457 g/mol. The standard InChI is InChI=1S/C8H11NO.C7H4Cl2O.C6H14N2O2/c1-10-8-4-2-7(6-9)3-5-8;8-6-2-1-5(4-10)7(9)3-6;7-4-2-1-3-5(8)6(9)10/h2-5H,6,9H2,1H3;1-4H;5H,1-4,7-8H2,(H,9,10)/t;;5-/m..0/s1. The van der Waals surface area contributed by atoms with Crippen LogP contribution in [-0.2, 0) is 11.3 Å². The van der Waals surface area contributed by atoms with Gasteiger partial charge in [-0.1, -0.05) is 41.8 Å². The molecule has 0 fully saturated rings. The number of aldehydes is 1. The van der Waals surface area contributed by atoms with Crippen LogP contribution in [0.4, 0.5) is 0 Å². The number of carbonyl (C=O) groups excluding carboxylic acids is 1. The minimum atomic E-state index is -0.933. The van der Waals surface area contributed by atoms with Crippen molar-refractivity contribution >= 4 is 35.5 Å². The van der Waals surface area contributed by atoms with Crippen molar-refractivity contribution in [3.05, 3.63) is 63.6 Å². The SMILES string of the molecule is COc1ccc(CN)cc1.NCCCC[C@H](N)C(=O)O.O=Cc1ccc(Cl)cc1Cl. The molecule has 0 unspecified atom stereocenters. The molecule has 0 heterocycles. The summed E-state index contributed by atoms with van der Waals surface area (Å²) in [6.45, 7) is 1.19. The topological polar surface area (TPSA) is 142 Å². The molecule has 1 atom stereocenters. The molecule has 0 amide bonds. The number of methoxy groups -OCH3 is 1. The van der Waals surface area contributed by atoms with Crippen molar-refractivity contribution in [3.63, 3.8) is 0 Å². The lowest BCUT2D eigenvalue weighted by molar-refractivity contribution is -0.138. The van der Waals surface area contributed by atoms with E-state index in [2.05, 4.69) is 0 Å². The van der Waals surface area contributed by atoms with Crippen LogP contribution < -0.4 is 21.9 Å². The predicted octanol–water partition coefficient (Wildman–Crippen LogP) is 3.49. The summed E-state index contributed by atoms with van der Waals surface area (Å²) in [6, 6.07) is 11.7. The number of aliphatic carboxylic acids is 1. The predicted molar refractivity (Wildman–Crippen MR) is 121 cm³/mol. The number of halogens is 2. The molecule has 7 nitrogen and oxygen atoms in total. The van der Waals surface area contributed by atoms with Crippen LogP contribution >= 0.6 is 23.2 Å². The van der Waals surface area contributed by atoms with Crippen LogP contribution in [0.1, 0.15) is 35.2 Å². The summed E-state index contributed by atoms with van der Waals surface area (Å²) >= 11 is 11.2. The molecule has 0 saturated heterocycles. The second kappa shape index (κ2) is 16.6. The van der Waals surface area contributed by atoms with Crippen molar-refractivity contribution in [2.75, 3.05) is 13.7 Å². The van der Waals surface area contributed by atoms with Gasteiger partial charge in [0.15, 0.2) is 6.29 Å². The molecule has 0 spiro atoms. The summed E-state index contributed by atoms with van der Waals surface area (Å²) in [7, 11) is 1.65. The molecule has 7 N–H and O–H groups in total. The average molecular weight is 458 g/mol. The highest BCUT2D eigenvalue weighted by Gasteiger charge is 2.09. The zero-order valence-electron chi connectivity index (χ0n) is 16.9. The number of ether oxygens (including phenoxy) is 1. The van der Waals surface area contributed by atoms with Gasteiger partial charge in [0.25, 0.3) is 0 Å². The highest BCUT2D eigenvalue weighted by molar-refractivity contribution is 6.36. The Hall–Kier alpha value is -2.16. The third-order valence-electron chi connectivity index (χ3n) is 3.77.